The van der Waals surface area contributed by atoms with Gasteiger partial charge in [0.25, 0.3) is 0 Å². The van der Waals surface area contributed by atoms with E-state index in [4.69, 9.17) is 26.2 Å². The van der Waals surface area contributed by atoms with Crippen LogP contribution in [0.3, 0.4) is 0 Å². The SMILES string of the molecule is NC1=NC2(CCCCC2)N(c2ccc(-c3nc(CN4CCOCC4)cs3)cc2)C(N)=N1. The number of morpholine rings is 1. The number of ether oxygens (including phenoxy) is 1. The molecule has 1 aromatic carbocycles. The highest BCUT2D eigenvalue weighted by Gasteiger charge is 2.42. The van der Waals surface area contributed by atoms with Gasteiger partial charge in [-0.15, -0.1) is 11.3 Å². The predicted molar refractivity (Wildman–Crippen MR) is 125 cm³/mol. The number of guanidine groups is 2. The smallest absolute Gasteiger partial charge is 0.220 e. The zero-order chi connectivity index (χ0) is 21.3. The van der Waals surface area contributed by atoms with Crippen molar-refractivity contribution in [1.29, 1.82) is 0 Å². The van der Waals surface area contributed by atoms with Crippen molar-refractivity contribution in [3.63, 3.8) is 0 Å². The van der Waals surface area contributed by atoms with E-state index >= 15 is 0 Å². The second-order valence-electron chi connectivity index (χ2n) is 8.40. The van der Waals surface area contributed by atoms with Gasteiger partial charge in [0.05, 0.1) is 18.9 Å². The van der Waals surface area contributed by atoms with Crippen LogP contribution in [0.15, 0.2) is 39.6 Å². The van der Waals surface area contributed by atoms with E-state index in [0.29, 0.717) is 5.96 Å². The lowest BCUT2D eigenvalue weighted by atomic mass is 9.87. The minimum Gasteiger partial charge on any atom is -0.379 e. The molecule has 1 aromatic heterocycles. The number of hydrogen-bond donors (Lipinski definition) is 2. The molecule has 9 heteroatoms. The van der Waals surface area contributed by atoms with E-state index in [-0.39, 0.29) is 5.96 Å². The third kappa shape index (κ3) is 4.17. The standard InChI is InChI=1S/C22H29N7OS/c23-20-26-21(24)29(22(27-20)8-2-1-3-9-22)18-6-4-16(5-7-18)19-25-17(15-31-19)14-28-10-12-30-13-11-28/h4-7,15H,1-3,8-14H2,(H4,23,24,26,27). The highest BCUT2D eigenvalue weighted by Crippen LogP contribution is 2.40. The highest BCUT2D eigenvalue weighted by molar-refractivity contribution is 7.13. The molecule has 0 amide bonds. The number of hydrogen-bond acceptors (Lipinski definition) is 9. The van der Waals surface area contributed by atoms with Crippen LogP contribution in [0.25, 0.3) is 10.6 Å². The molecule has 1 spiro atoms. The summed E-state index contributed by atoms with van der Waals surface area (Å²) in [6.45, 7) is 4.42. The maximum atomic E-state index is 6.34. The van der Waals surface area contributed by atoms with Crippen molar-refractivity contribution >= 4 is 28.9 Å². The Hall–Kier alpha value is -2.49. The van der Waals surface area contributed by atoms with E-state index < -0.39 is 5.66 Å². The van der Waals surface area contributed by atoms with Crippen molar-refractivity contribution in [2.45, 2.75) is 44.3 Å². The summed E-state index contributed by atoms with van der Waals surface area (Å²) in [7, 11) is 0. The molecule has 0 atom stereocenters. The molecule has 0 bridgehead atoms. The molecule has 3 aliphatic rings. The molecule has 1 saturated heterocycles. The lowest BCUT2D eigenvalue weighted by Gasteiger charge is -2.45. The summed E-state index contributed by atoms with van der Waals surface area (Å²) in [6, 6.07) is 8.40. The number of nitrogens with zero attached hydrogens (tertiary/aromatic N) is 5. The van der Waals surface area contributed by atoms with Crippen LogP contribution in [-0.2, 0) is 11.3 Å². The largest absolute Gasteiger partial charge is 0.379 e. The average Bonchev–Trinajstić information content (AvgIpc) is 3.23. The number of anilines is 1. The molecule has 2 fully saturated rings. The third-order valence-electron chi connectivity index (χ3n) is 6.26. The molecular formula is C22H29N7OS. The molecule has 3 heterocycles. The van der Waals surface area contributed by atoms with Gasteiger partial charge < -0.3 is 16.2 Å². The fourth-order valence-electron chi connectivity index (χ4n) is 4.75. The first-order valence-electron chi connectivity index (χ1n) is 11.0. The van der Waals surface area contributed by atoms with Gasteiger partial charge in [0, 0.05) is 36.3 Å². The van der Waals surface area contributed by atoms with Crippen LogP contribution >= 0.6 is 11.3 Å². The van der Waals surface area contributed by atoms with Gasteiger partial charge in [0.1, 0.15) is 10.7 Å². The van der Waals surface area contributed by atoms with Crippen molar-refractivity contribution in [1.82, 2.24) is 9.88 Å². The average molecular weight is 440 g/mol. The van der Waals surface area contributed by atoms with Gasteiger partial charge in [-0.2, -0.15) is 4.99 Å². The number of nitrogens with two attached hydrogens (primary N) is 2. The van der Waals surface area contributed by atoms with E-state index in [1.165, 1.54) is 6.42 Å². The third-order valence-corrected chi connectivity index (χ3v) is 7.21. The van der Waals surface area contributed by atoms with E-state index in [2.05, 4.69) is 44.4 Å². The van der Waals surface area contributed by atoms with E-state index in [1.54, 1.807) is 11.3 Å². The normalized spacial score (nSPS) is 21.7. The summed E-state index contributed by atoms with van der Waals surface area (Å²) in [4.78, 5) is 18.3. The Balaban J connectivity index is 1.35. The Morgan fingerprint density at radius 2 is 1.77 bits per heavy atom. The fourth-order valence-corrected chi connectivity index (χ4v) is 5.57. The van der Waals surface area contributed by atoms with Gasteiger partial charge in [-0.05, 0) is 49.9 Å². The molecule has 31 heavy (non-hydrogen) atoms. The summed E-state index contributed by atoms with van der Waals surface area (Å²) >= 11 is 1.69. The zero-order valence-corrected chi connectivity index (χ0v) is 18.5. The minimum atomic E-state index is -0.414. The quantitative estimate of drug-likeness (QED) is 0.759. The van der Waals surface area contributed by atoms with Crippen LogP contribution in [0.5, 0.6) is 0 Å². The number of rotatable bonds is 4. The van der Waals surface area contributed by atoms with E-state index in [9.17, 15) is 0 Å². The highest BCUT2D eigenvalue weighted by atomic mass is 32.1. The first-order valence-corrected chi connectivity index (χ1v) is 11.9. The molecule has 164 valence electrons. The number of benzene rings is 1. The van der Waals surface area contributed by atoms with Crippen LogP contribution in [0, 0.1) is 0 Å². The molecule has 0 unspecified atom stereocenters. The molecule has 5 rings (SSSR count). The van der Waals surface area contributed by atoms with Gasteiger partial charge >= 0.3 is 0 Å². The monoisotopic (exact) mass is 439 g/mol. The summed E-state index contributed by atoms with van der Waals surface area (Å²) in [6.07, 6.45) is 5.32. The Morgan fingerprint density at radius 3 is 2.52 bits per heavy atom. The molecule has 8 nitrogen and oxygen atoms in total. The van der Waals surface area contributed by atoms with Gasteiger partial charge in [0.15, 0.2) is 0 Å². The molecule has 2 aromatic rings. The van der Waals surface area contributed by atoms with Crippen molar-refractivity contribution in [2.24, 2.45) is 21.5 Å². The maximum absolute atomic E-state index is 6.34. The Bertz CT molecular complexity index is 972. The zero-order valence-electron chi connectivity index (χ0n) is 17.7. The van der Waals surface area contributed by atoms with Gasteiger partial charge in [-0.1, -0.05) is 6.42 Å². The molecular weight excluding hydrogens is 410 g/mol. The number of aromatic nitrogens is 1. The first-order chi connectivity index (χ1) is 15.1. The molecule has 2 aliphatic heterocycles. The molecule has 0 radical (unpaired) electrons. The second kappa shape index (κ2) is 8.57. The summed E-state index contributed by atoms with van der Waals surface area (Å²) < 4.78 is 5.43. The Morgan fingerprint density at radius 1 is 1.03 bits per heavy atom. The Kier molecular flexibility index (Phi) is 5.64. The van der Waals surface area contributed by atoms with Gasteiger partial charge in [-0.25, -0.2) is 9.98 Å². The summed E-state index contributed by atoms with van der Waals surface area (Å²) in [5.74, 6) is 0.701. The van der Waals surface area contributed by atoms with Crippen LogP contribution < -0.4 is 16.4 Å². The molecule has 1 aliphatic carbocycles. The van der Waals surface area contributed by atoms with Crippen molar-refractivity contribution in [3.05, 3.63) is 35.3 Å². The van der Waals surface area contributed by atoms with Crippen LogP contribution in [0.4, 0.5) is 5.69 Å². The lowest BCUT2D eigenvalue weighted by Crippen LogP contribution is -2.58. The van der Waals surface area contributed by atoms with Crippen LogP contribution in [-0.4, -0.2) is 53.8 Å². The number of aliphatic imine (C=N–C) groups is 2. The Labute approximate surface area is 186 Å². The second-order valence-corrected chi connectivity index (χ2v) is 9.26. The number of thiazole rings is 1. The van der Waals surface area contributed by atoms with Crippen molar-refractivity contribution < 1.29 is 4.74 Å². The van der Waals surface area contributed by atoms with Crippen LogP contribution in [0.2, 0.25) is 0 Å². The maximum Gasteiger partial charge on any atom is 0.220 e. The lowest BCUT2D eigenvalue weighted by molar-refractivity contribution is 0.0337. The van der Waals surface area contributed by atoms with Crippen LogP contribution in [0.1, 0.15) is 37.8 Å². The van der Waals surface area contributed by atoms with Crippen molar-refractivity contribution in [3.8, 4) is 10.6 Å². The topological polar surface area (TPSA) is 105 Å². The van der Waals surface area contributed by atoms with E-state index in [1.807, 2.05) is 0 Å². The predicted octanol–water partition coefficient (Wildman–Crippen LogP) is 2.75. The first kappa shape index (κ1) is 20.4. The minimum absolute atomic E-state index is 0.280. The van der Waals surface area contributed by atoms with Crippen molar-refractivity contribution in [2.75, 3.05) is 31.2 Å². The van der Waals surface area contributed by atoms with Gasteiger partial charge in [0.2, 0.25) is 11.9 Å². The molecule has 4 N–H and O–H groups in total. The fraction of sp³-hybridized carbons (Fsp3) is 0.500. The van der Waals surface area contributed by atoms with E-state index in [0.717, 1.165) is 80.5 Å². The molecule has 1 saturated carbocycles. The van der Waals surface area contributed by atoms with Gasteiger partial charge in [-0.3, -0.25) is 9.80 Å². The summed E-state index contributed by atoms with van der Waals surface area (Å²) in [5, 5.41) is 3.19. The summed E-state index contributed by atoms with van der Waals surface area (Å²) in [5.41, 5.74) is 15.1.